The third kappa shape index (κ3) is 5.69. The van der Waals surface area contributed by atoms with Gasteiger partial charge in [0.1, 0.15) is 7.05 Å². The Morgan fingerprint density at radius 1 is 0.927 bits per heavy atom. The first-order valence-corrected chi connectivity index (χ1v) is 16.1. The van der Waals surface area contributed by atoms with E-state index < -0.39 is 31.1 Å². The van der Waals surface area contributed by atoms with Gasteiger partial charge in [0.15, 0.2) is 5.71 Å². The Balaban J connectivity index is 1.71. The molecule has 0 spiro atoms. The van der Waals surface area contributed by atoms with Crippen molar-refractivity contribution in [3.05, 3.63) is 83.1 Å². The number of hydrogen-bond acceptors (Lipinski definition) is 6. The summed E-state index contributed by atoms with van der Waals surface area (Å²) in [4.78, 5) is 1.70. The van der Waals surface area contributed by atoms with E-state index in [2.05, 4.69) is 0 Å². The maximum absolute atomic E-state index is 11.8. The fourth-order valence-electron chi connectivity index (χ4n) is 5.83. The van der Waals surface area contributed by atoms with Crippen molar-refractivity contribution in [2.45, 2.75) is 61.2 Å². The van der Waals surface area contributed by atoms with E-state index in [1.807, 2.05) is 75.6 Å². The van der Waals surface area contributed by atoms with Crippen LogP contribution in [-0.4, -0.2) is 62.0 Å². The Kier molecular flexibility index (Phi) is 8.00. The molecule has 0 amide bonds. The van der Waals surface area contributed by atoms with Crippen LogP contribution in [0.2, 0.25) is 0 Å². The van der Waals surface area contributed by atoms with Gasteiger partial charge in [0, 0.05) is 48.2 Å². The number of benzene rings is 2. The summed E-state index contributed by atoms with van der Waals surface area (Å²) in [6.07, 6.45) is 9.13. The molecule has 2 aromatic carbocycles. The van der Waals surface area contributed by atoms with Crippen molar-refractivity contribution in [1.29, 1.82) is 0 Å². The molecule has 0 bridgehead atoms. The Hall–Kier alpha value is -3.09. The Morgan fingerprint density at radius 2 is 1.51 bits per heavy atom. The van der Waals surface area contributed by atoms with Gasteiger partial charge in [-0.2, -0.15) is 21.4 Å². The van der Waals surface area contributed by atoms with Crippen molar-refractivity contribution < 1.29 is 35.6 Å². The molecule has 0 saturated heterocycles. The number of aliphatic hydroxyl groups excluding tert-OH is 1. The molecule has 0 radical (unpaired) electrons. The number of hydrogen-bond donors (Lipinski definition) is 3. The predicted molar refractivity (Wildman–Crippen MR) is 159 cm³/mol. The first kappa shape index (κ1) is 30.9. The van der Waals surface area contributed by atoms with Crippen molar-refractivity contribution in [2.75, 3.05) is 25.6 Å². The first-order chi connectivity index (χ1) is 18.9. The molecule has 4 rings (SSSR count). The third-order valence-corrected chi connectivity index (χ3v) is 9.84. The second-order valence-corrected chi connectivity index (χ2v) is 14.4. The Bertz CT molecular complexity index is 1750. The highest BCUT2D eigenvalue weighted by atomic mass is 32.2. The standard InChI is InChI=1S/C30H36N2O7S2/c1-29(2)23-18-21(40(34,35)36)11-13-25(23)31(5)27(29)15-9-20(8-7-17-33)10-16-28-30(3,4)24-19-22(41(37,38)39)12-14-26(24)32(28)6/h9-16,18-19,33H,7-8,17H2,1-6H3,(H-,34,35,36,37,38,39)/p+1. The van der Waals surface area contributed by atoms with E-state index in [9.17, 15) is 31.0 Å². The lowest BCUT2D eigenvalue weighted by atomic mass is 9.81. The van der Waals surface area contributed by atoms with Gasteiger partial charge in [-0.1, -0.05) is 26.0 Å². The molecule has 0 aromatic heterocycles. The summed E-state index contributed by atoms with van der Waals surface area (Å²) in [6, 6.07) is 9.19. The number of rotatable bonds is 8. The van der Waals surface area contributed by atoms with Gasteiger partial charge in [-0.15, -0.1) is 0 Å². The van der Waals surface area contributed by atoms with Crippen LogP contribution in [0.4, 0.5) is 11.4 Å². The van der Waals surface area contributed by atoms with E-state index >= 15 is 0 Å². The normalized spacial score (nSPS) is 19.4. The van der Waals surface area contributed by atoms with Crippen molar-refractivity contribution >= 4 is 37.3 Å². The predicted octanol–water partition coefficient (Wildman–Crippen LogP) is 4.75. The van der Waals surface area contributed by atoms with E-state index in [1.54, 1.807) is 12.1 Å². The fourth-order valence-corrected chi connectivity index (χ4v) is 6.84. The summed E-state index contributed by atoms with van der Waals surface area (Å²) in [5.41, 5.74) is 5.02. The minimum Gasteiger partial charge on any atom is -0.396 e. The van der Waals surface area contributed by atoms with E-state index in [4.69, 9.17) is 0 Å². The van der Waals surface area contributed by atoms with Crippen LogP contribution in [0.25, 0.3) is 0 Å². The van der Waals surface area contributed by atoms with Gasteiger partial charge in [-0.05, 0) is 74.2 Å². The summed E-state index contributed by atoms with van der Waals surface area (Å²) in [7, 11) is -4.85. The summed E-state index contributed by atoms with van der Waals surface area (Å²) in [6.45, 7) is 8.01. The van der Waals surface area contributed by atoms with Crippen LogP contribution < -0.4 is 4.90 Å². The van der Waals surface area contributed by atoms with Crippen molar-refractivity contribution in [3.8, 4) is 0 Å². The average molecular weight is 602 g/mol. The molecule has 2 aliphatic heterocycles. The molecule has 11 heteroatoms. The van der Waals surface area contributed by atoms with Crippen LogP contribution in [0.1, 0.15) is 51.7 Å². The van der Waals surface area contributed by atoms with Crippen molar-refractivity contribution in [1.82, 2.24) is 0 Å². The molecule has 0 fully saturated rings. The number of likely N-dealkylation sites (N-methyl/N-ethyl adjacent to an activating group) is 1. The molecule has 2 aliphatic rings. The van der Waals surface area contributed by atoms with Crippen LogP contribution in [0.5, 0.6) is 0 Å². The molecule has 9 nitrogen and oxygen atoms in total. The van der Waals surface area contributed by atoms with Crippen LogP contribution in [0.15, 0.2) is 81.8 Å². The molecule has 3 N–H and O–H groups in total. The quantitative estimate of drug-likeness (QED) is 0.224. The average Bonchev–Trinajstić information content (AvgIpc) is 3.19. The highest BCUT2D eigenvalue weighted by Gasteiger charge is 2.43. The summed E-state index contributed by atoms with van der Waals surface area (Å²) in [5.74, 6) is 0. The van der Waals surface area contributed by atoms with Crippen LogP contribution in [-0.2, 0) is 31.1 Å². The number of fused-ring (bicyclic) bond motifs is 2. The lowest BCUT2D eigenvalue weighted by Gasteiger charge is -2.24. The molecular formula is C30H37N2O7S2+. The highest BCUT2D eigenvalue weighted by molar-refractivity contribution is 7.86. The lowest BCUT2D eigenvalue weighted by molar-refractivity contribution is -0.401. The van der Waals surface area contributed by atoms with Gasteiger partial charge < -0.3 is 10.0 Å². The largest absolute Gasteiger partial charge is 0.396 e. The Morgan fingerprint density at radius 3 is 2.10 bits per heavy atom. The monoisotopic (exact) mass is 601 g/mol. The lowest BCUT2D eigenvalue weighted by Crippen LogP contribution is -2.26. The summed E-state index contributed by atoms with van der Waals surface area (Å²) >= 11 is 0. The number of nitrogens with zero attached hydrogens (tertiary/aromatic N) is 2. The summed E-state index contributed by atoms with van der Waals surface area (Å²) < 4.78 is 68.1. The second kappa shape index (κ2) is 10.6. The smallest absolute Gasteiger partial charge is 0.294 e. The third-order valence-electron chi connectivity index (χ3n) is 8.14. The topological polar surface area (TPSA) is 135 Å². The first-order valence-electron chi connectivity index (χ1n) is 13.2. The Labute approximate surface area is 242 Å². The van der Waals surface area contributed by atoms with Crippen molar-refractivity contribution in [2.24, 2.45) is 0 Å². The maximum atomic E-state index is 11.8. The maximum Gasteiger partial charge on any atom is 0.294 e. The number of allylic oxidation sites excluding steroid dienone is 6. The van der Waals surface area contributed by atoms with E-state index in [0.717, 1.165) is 39.5 Å². The highest BCUT2D eigenvalue weighted by Crippen LogP contribution is 2.47. The zero-order chi connectivity index (χ0) is 30.5. The van der Waals surface area contributed by atoms with Crippen LogP contribution >= 0.6 is 0 Å². The molecule has 2 aromatic rings. The molecule has 0 saturated carbocycles. The molecule has 0 unspecified atom stereocenters. The van der Waals surface area contributed by atoms with Crippen molar-refractivity contribution in [3.63, 3.8) is 0 Å². The zero-order valence-corrected chi connectivity index (χ0v) is 25.7. The van der Waals surface area contributed by atoms with Gasteiger partial charge in [-0.25, -0.2) is 0 Å². The van der Waals surface area contributed by atoms with Gasteiger partial charge in [0.25, 0.3) is 20.2 Å². The van der Waals surface area contributed by atoms with Gasteiger partial charge >= 0.3 is 0 Å². The van der Waals surface area contributed by atoms with E-state index in [0.29, 0.717) is 12.8 Å². The molecule has 0 aliphatic carbocycles. The molecule has 220 valence electrons. The summed E-state index contributed by atoms with van der Waals surface area (Å²) in [5, 5.41) is 9.52. The van der Waals surface area contributed by atoms with Crippen LogP contribution in [0, 0.1) is 0 Å². The van der Waals surface area contributed by atoms with E-state index in [1.165, 1.54) is 24.3 Å². The molecular weight excluding hydrogens is 564 g/mol. The van der Waals surface area contributed by atoms with Gasteiger partial charge in [0.2, 0.25) is 5.69 Å². The van der Waals surface area contributed by atoms with Gasteiger partial charge in [-0.3, -0.25) is 9.11 Å². The van der Waals surface area contributed by atoms with Gasteiger partial charge in [0.05, 0.1) is 15.2 Å². The SMILES string of the molecule is CN1\C(=C/C=C(/C=C\C2=[N+](C)c3ccc(S(=O)(=O)O)cc3C2(C)C)CCCO)C(C)(C)c2cc(S(=O)(=O)O)ccc21. The zero-order valence-electron chi connectivity index (χ0n) is 24.1. The number of anilines is 1. The van der Waals surface area contributed by atoms with E-state index in [-0.39, 0.29) is 16.4 Å². The minimum atomic E-state index is -4.34. The minimum absolute atomic E-state index is 0.0306. The molecule has 2 heterocycles. The molecule has 0 atom stereocenters. The fraction of sp³-hybridized carbons (Fsp3) is 0.367. The van der Waals surface area contributed by atoms with Crippen LogP contribution in [0.3, 0.4) is 0 Å². The molecule has 41 heavy (non-hydrogen) atoms. The number of aliphatic hydroxyl groups is 1. The second-order valence-electron chi connectivity index (χ2n) is 11.5.